The van der Waals surface area contributed by atoms with Gasteiger partial charge >= 0.3 is 0 Å². The minimum atomic E-state index is -0.779. The van der Waals surface area contributed by atoms with E-state index >= 15 is 0 Å². The van der Waals surface area contributed by atoms with Crippen LogP contribution in [0, 0.1) is 0 Å². The van der Waals surface area contributed by atoms with Crippen LogP contribution in [0.4, 0.5) is 0 Å². The zero-order valence-corrected chi connectivity index (χ0v) is 14.7. The maximum absolute atomic E-state index is 10.6. The summed E-state index contributed by atoms with van der Waals surface area (Å²) in [6, 6.07) is 10.5. The second kappa shape index (κ2) is 7.32. The number of aliphatic hydroxyl groups is 1. The summed E-state index contributed by atoms with van der Waals surface area (Å²) in [6.45, 7) is 0.272. The number of hydrogen-bond donors (Lipinski definition) is 2. The standard InChI is InChI=1S/C15H13BrCl3NO/c16-12-6-9(17)2-3-10(12)15(21)11(7-20)8-1-4-13(18)14(19)5-8/h1-6,11,15,21H,7,20H2. The van der Waals surface area contributed by atoms with E-state index < -0.39 is 6.10 Å². The van der Waals surface area contributed by atoms with Gasteiger partial charge in [-0.25, -0.2) is 0 Å². The summed E-state index contributed by atoms with van der Waals surface area (Å²) in [5, 5.41) is 12.1. The molecule has 2 aromatic carbocycles. The lowest BCUT2D eigenvalue weighted by atomic mass is 9.89. The van der Waals surface area contributed by atoms with Crippen molar-refractivity contribution < 1.29 is 5.11 Å². The fourth-order valence-electron chi connectivity index (χ4n) is 2.15. The van der Waals surface area contributed by atoms with Gasteiger partial charge in [-0.2, -0.15) is 0 Å². The fourth-order valence-corrected chi connectivity index (χ4v) is 3.37. The Labute approximate surface area is 146 Å². The Bertz CT molecular complexity index is 651. The molecule has 0 heterocycles. The largest absolute Gasteiger partial charge is 0.388 e. The van der Waals surface area contributed by atoms with Gasteiger partial charge in [0.25, 0.3) is 0 Å². The number of aliphatic hydroxyl groups excluding tert-OH is 1. The van der Waals surface area contributed by atoms with E-state index in [4.69, 9.17) is 40.5 Å². The van der Waals surface area contributed by atoms with Gasteiger partial charge in [0.1, 0.15) is 0 Å². The van der Waals surface area contributed by atoms with Crippen LogP contribution in [-0.2, 0) is 0 Å². The first-order chi connectivity index (χ1) is 9.93. The van der Waals surface area contributed by atoms with Gasteiger partial charge in [-0.1, -0.05) is 62.9 Å². The first-order valence-electron chi connectivity index (χ1n) is 6.22. The summed E-state index contributed by atoms with van der Waals surface area (Å²) >= 11 is 21.3. The molecular weight excluding hydrogens is 396 g/mol. The predicted octanol–water partition coefficient (Wildman–Crippen LogP) is 5.19. The molecule has 0 saturated heterocycles. The Balaban J connectivity index is 2.37. The zero-order valence-electron chi connectivity index (χ0n) is 10.9. The molecule has 21 heavy (non-hydrogen) atoms. The van der Waals surface area contributed by atoms with Crippen molar-refractivity contribution in [2.45, 2.75) is 12.0 Å². The van der Waals surface area contributed by atoms with Crippen molar-refractivity contribution in [3.8, 4) is 0 Å². The van der Waals surface area contributed by atoms with Gasteiger partial charge in [-0.3, -0.25) is 0 Å². The molecule has 2 rings (SSSR count). The first kappa shape index (κ1) is 17.1. The van der Waals surface area contributed by atoms with Gasteiger partial charge in [-0.15, -0.1) is 0 Å². The maximum atomic E-state index is 10.6. The van der Waals surface area contributed by atoms with E-state index in [1.54, 1.807) is 30.3 Å². The number of nitrogens with two attached hydrogens (primary N) is 1. The van der Waals surface area contributed by atoms with Crippen molar-refractivity contribution in [2.75, 3.05) is 6.54 Å². The molecule has 0 aliphatic carbocycles. The van der Waals surface area contributed by atoms with Crippen molar-refractivity contribution in [3.05, 3.63) is 67.1 Å². The molecule has 0 bridgehead atoms. The third kappa shape index (κ3) is 3.92. The number of rotatable bonds is 4. The third-order valence-corrected chi connectivity index (χ3v) is 4.95. The highest BCUT2D eigenvalue weighted by molar-refractivity contribution is 9.10. The molecule has 112 valence electrons. The van der Waals surface area contributed by atoms with E-state index in [0.29, 0.717) is 15.1 Å². The van der Waals surface area contributed by atoms with Crippen LogP contribution in [0.1, 0.15) is 23.1 Å². The maximum Gasteiger partial charge on any atom is 0.0881 e. The van der Waals surface area contributed by atoms with E-state index in [9.17, 15) is 5.11 Å². The van der Waals surface area contributed by atoms with Gasteiger partial charge in [0.05, 0.1) is 16.1 Å². The molecule has 0 aliphatic rings. The monoisotopic (exact) mass is 407 g/mol. The average Bonchev–Trinajstić information content (AvgIpc) is 2.43. The van der Waals surface area contributed by atoms with Crippen molar-refractivity contribution >= 4 is 50.7 Å². The summed E-state index contributed by atoms with van der Waals surface area (Å²) < 4.78 is 0.737. The normalized spacial score (nSPS) is 14.0. The molecule has 3 N–H and O–H groups in total. The van der Waals surface area contributed by atoms with Crippen molar-refractivity contribution in [2.24, 2.45) is 5.73 Å². The lowest BCUT2D eigenvalue weighted by Gasteiger charge is -2.23. The SMILES string of the molecule is NCC(c1ccc(Cl)c(Cl)c1)C(O)c1ccc(Cl)cc1Br. The summed E-state index contributed by atoms with van der Waals surface area (Å²) in [5.41, 5.74) is 7.39. The number of halogens is 4. The van der Waals surface area contributed by atoms with Crippen LogP contribution in [0.5, 0.6) is 0 Å². The topological polar surface area (TPSA) is 46.2 Å². The van der Waals surface area contributed by atoms with Crippen LogP contribution in [0.15, 0.2) is 40.9 Å². The molecule has 0 fully saturated rings. The van der Waals surface area contributed by atoms with Crippen molar-refractivity contribution in [3.63, 3.8) is 0 Å². The van der Waals surface area contributed by atoms with Crippen LogP contribution < -0.4 is 5.73 Å². The zero-order chi connectivity index (χ0) is 15.6. The van der Waals surface area contributed by atoms with E-state index in [1.807, 2.05) is 6.07 Å². The van der Waals surface area contributed by atoms with E-state index in [2.05, 4.69) is 15.9 Å². The van der Waals surface area contributed by atoms with Gasteiger partial charge in [0.2, 0.25) is 0 Å². The second-order valence-electron chi connectivity index (χ2n) is 4.63. The highest BCUT2D eigenvalue weighted by atomic mass is 79.9. The first-order valence-corrected chi connectivity index (χ1v) is 8.14. The van der Waals surface area contributed by atoms with E-state index in [-0.39, 0.29) is 12.5 Å². The van der Waals surface area contributed by atoms with Gasteiger partial charge in [-0.05, 0) is 35.4 Å². The Morgan fingerprint density at radius 1 is 1.05 bits per heavy atom. The predicted molar refractivity (Wildman–Crippen MR) is 92.4 cm³/mol. The molecule has 0 aliphatic heterocycles. The highest BCUT2D eigenvalue weighted by Crippen LogP contribution is 2.37. The number of hydrogen-bond acceptors (Lipinski definition) is 2. The molecule has 2 nitrogen and oxygen atoms in total. The Hall–Kier alpha value is -0.290. The molecule has 0 amide bonds. The summed E-state index contributed by atoms with van der Waals surface area (Å²) in [5.74, 6) is -0.294. The van der Waals surface area contributed by atoms with Crippen LogP contribution in [0.2, 0.25) is 15.1 Å². The molecule has 0 saturated carbocycles. The van der Waals surface area contributed by atoms with Crippen LogP contribution in [-0.4, -0.2) is 11.7 Å². The summed E-state index contributed by atoms with van der Waals surface area (Å²) in [7, 11) is 0. The second-order valence-corrected chi connectivity index (χ2v) is 6.73. The van der Waals surface area contributed by atoms with Crippen LogP contribution >= 0.6 is 50.7 Å². The highest BCUT2D eigenvalue weighted by Gasteiger charge is 2.24. The quantitative estimate of drug-likeness (QED) is 0.730. The lowest BCUT2D eigenvalue weighted by molar-refractivity contribution is 0.146. The van der Waals surface area contributed by atoms with E-state index in [1.165, 1.54) is 0 Å². The minimum Gasteiger partial charge on any atom is -0.388 e. The van der Waals surface area contributed by atoms with Gasteiger partial charge in [0, 0.05) is 22.0 Å². The smallest absolute Gasteiger partial charge is 0.0881 e. The van der Waals surface area contributed by atoms with Crippen molar-refractivity contribution in [1.29, 1.82) is 0 Å². The molecular formula is C15H13BrCl3NO. The van der Waals surface area contributed by atoms with Crippen LogP contribution in [0.3, 0.4) is 0 Å². The molecule has 2 unspecified atom stereocenters. The molecule has 0 aromatic heterocycles. The Morgan fingerprint density at radius 2 is 1.76 bits per heavy atom. The van der Waals surface area contributed by atoms with Gasteiger partial charge < -0.3 is 10.8 Å². The lowest BCUT2D eigenvalue weighted by Crippen LogP contribution is -2.20. The van der Waals surface area contributed by atoms with Crippen LogP contribution in [0.25, 0.3) is 0 Å². The average molecular weight is 410 g/mol. The molecule has 0 spiro atoms. The Morgan fingerprint density at radius 3 is 2.33 bits per heavy atom. The Kier molecular flexibility index (Phi) is 5.95. The number of benzene rings is 2. The molecule has 0 radical (unpaired) electrons. The third-order valence-electron chi connectivity index (χ3n) is 3.29. The van der Waals surface area contributed by atoms with Gasteiger partial charge in [0.15, 0.2) is 0 Å². The van der Waals surface area contributed by atoms with E-state index in [0.717, 1.165) is 15.6 Å². The van der Waals surface area contributed by atoms with Crippen molar-refractivity contribution in [1.82, 2.24) is 0 Å². The molecule has 2 atom stereocenters. The summed E-state index contributed by atoms with van der Waals surface area (Å²) in [4.78, 5) is 0. The fraction of sp³-hybridized carbons (Fsp3) is 0.200. The molecule has 2 aromatic rings. The molecule has 6 heteroatoms. The minimum absolute atomic E-state index is 0.272. The summed E-state index contributed by atoms with van der Waals surface area (Å²) in [6.07, 6.45) is -0.779.